The Morgan fingerprint density at radius 1 is 0.581 bits per heavy atom. The summed E-state index contributed by atoms with van der Waals surface area (Å²) in [5.74, 6) is 0.371. The molecule has 0 saturated carbocycles. The Hall–Kier alpha value is -7.83. The summed E-state index contributed by atoms with van der Waals surface area (Å²) in [5, 5.41) is 33.1. The summed E-state index contributed by atoms with van der Waals surface area (Å²) in [6.45, 7) is 0.261. The van der Waals surface area contributed by atoms with E-state index in [4.69, 9.17) is 41.5 Å². The number of anilines is 4. The Bertz CT molecular complexity index is 2870. The molecule has 0 aliphatic heterocycles. The summed E-state index contributed by atoms with van der Waals surface area (Å²) in [6, 6.07) is 24.4. The first-order valence-corrected chi connectivity index (χ1v) is 19.3. The molecular weight excluding hydrogens is 841 g/mol. The summed E-state index contributed by atoms with van der Waals surface area (Å²) in [4.78, 5) is 43.7. The number of fused-ring (bicyclic) bond motifs is 2. The molecule has 18 nitrogen and oxygen atoms in total. The van der Waals surface area contributed by atoms with Crippen molar-refractivity contribution < 1.29 is 32.7 Å². The van der Waals surface area contributed by atoms with Crippen LogP contribution in [0, 0.1) is 0 Å². The van der Waals surface area contributed by atoms with E-state index in [1.165, 1.54) is 20.3 Å². The average molecular weight is 877 g/mol. The molecule has 0 radical (unpaired) electrons. The van der Waals surface area contributed by atoms with Crippen LogP contribution in [0.2, 0.25) is 10.0 Å². The van der Waals surface area contributed by atoms with Crippen molar-refractivity contribution in [1.82, 2.24) is 46.3 Å². The standard InChI is InChI=1S/C22H19ClN6O4.C20H16ClN5O3/c1-24-20(30)16-9-12(7-8-26-16)11-32-22-18-15(10-17(33-18)21(31)25-2)19(28-29-22)27-14-5-3-13(23)4-6-14;1-22-19(27)16-10-12(6-8-23-16)11-29-20-17-15(7-9-28-17)18(25-26-20)24-14-4-2-13(21)3-5-14/h3-10H,11H2,1-2H3,(H,24,30)(H,25,31)(H,27,28);2-10H,11H2,1H3,(H,22,27)(H,24,25). The fourth-order valence-corrected chi connectivity index (χ4v) is 5.91. The molecule has 3 amide bonds. The molecule has 0 aliphatic rings. The smallest absolute Gasteiger partial charge is 0.286 e. The Kier molecular flexibility index (Phi) is 13.3. The van der Waals surface area contributed by atoms with Crippen molar-refractivity contribution in [2.75, 3.05) is 31.8 Å². The van der Waals surface area contributed by atoms with Gasteiger partial charge >= 0.3 is 0 Å². The molecule has 8 aromatic rings. The highest BCUT2D eigenvalue weighted by atomic mass is 35.5. The zero-order valence-electron chi connectivity index (χ0n) is 33.0. The Morgan fingerprint density at radius 3 is 1.56 bits per heavy atom. The monoisotopic (exact) mass is 875 g/mol. The third-order valence-corrected chi connectivity index (χ3v) is 9.27. The first-order valence-electron chi connectivity index (χ1n) is 18.5. The number of benzene rings is 2. The fraction of sp³-hybridized carbons (Fsp3) is 0.119. The number of ether oxygens (including phenoxy) is 2. The molecular formula is C42H35Cl2N11O7. The van der Waals surface area contributed by atoms with E-state index in [0.717, 1.165) is 22.3 Å². The van der Waals surface area contributed by atoms with E-state index in [9.17, 15) is 14.4 Å². The number of amides is 3. The molecule has 2 aromatic carbocycles. The summed E-state index contributed by atoms with van der Waals surface area (Å²) in [7, 11) is 4.58. The first kappa shape index (κ1) is 42.3. The van der Waals surface area contributed by atoms with Crippen molar-refractivity contribution in [3.05, 3.63) is 142 Å². The predicted molar refractivity (Wildman–Crippen MR) is 230 cm³/mol. The van der Waals surface area contributed by atoms with Crippen LogP contribution >= 0.6 is 23.2 Å². The van der Waals surface area contributed by atoms with E-state index in [-0.39, 0.29) is 53.8 Å². The van der Waals surface area contributed by atoms with Crippen LogP contribution in [-0.2, 0) is 13.2 Å². The van der Waals surface area contributed by atoms with Crippen molar-refractivity contribution in [3.63, 3.8) is 0 Å². The number of hydrogen-bond acceptors (Lipinski definition) is 15. The van der Waals surface area contributed by atoms with Crippen molar-refractivity contribution in [3.8, 4) is 11.8 Å². The second kappa shape index (κ2) is 19.5. The van der Waals surface area contributed by atoms with E-state index >= 15 is 0 Å². The number of furan rings is 2. The number of nitrogens with one attached hydrogen (secondary N) is 5. The van der Waals surface area contributed by atoms with Gasteiger partial charge in [-0.1, -0.05) is 23.2 Å². The number of nitrogens with zero attached hydrogens (tertiary/aromatic N) is 6. The van der Waals surface area contributed by atoms with E-state index in [0.29, 0.717) is 43.9 Å². The lowest BCUT2D eigenvalue weighted by molar-refractivity contribution is 0.0934. The number of pyridine rings is 2. The zero-order chi connectivity index (χ0) is 43.6. The quantitative estimate of drug-likeness (QED) is 0.0767. The molecule has 8 rings (SSSR count). The summed E-state index contributed by atoms with van der Waals surface area (Å²) in [6.07, 6.45) is 4.61. The largest absolute Gasteiger partial charge is 0.469 e. The van der Waals surface area contributed by atoms with Crippen LogP contribution in [0.1, 0.15) is 42.7 Å². The number of rotatable bonds is 13. The highest BCUT2D eigenvalue weighted by Crippen LogP contribution is 2.34. The van der Waals surface area contributed by atoms with Gasteiger partial charge in [-0.25, -0.2) is 0 Å². The van der Waals surface area contributed by atoms with Crippen LogP contribution < -0.4 is 36.1 Å². The average Bonchev–Trinajstić information content (AvgIpc) is 4.00. The molecule has 0 saturated heterocycles. The first-order chi connectivity index (χ1) is 30.1. The van der Waals surface area contributed by atoms with E-state index in [1.807, 2.05) is 12.1 Å². The second-order valence-electron chi connectivity index (χ2n) is 12.9. The molecule has 20 heteroatoms. The van der Waals surface area contributed by atoms with Gasteiger partial charge in [-0.05, 0) is 90.0 Å². The molecule has 6 heterocycles. The Labute approximate surface area is 362 Å². The third-order valence-electron chi connectivity index (χ3n) is 8.76. The number of carbonyl (C=O) groups is 3. The molecule has 6 aromatic heterocycles. The molecule has 0 atom stereocenters. The maximum Gasteiger partial charge on any atom is 0.286 e. The predicted octanol–water partition coefficient (Wildman–Crippen LogP) is 7.27. The fourth-order valence-electron chi connectivity index (χ4n) is 5.66. The van der Waals surface area contributed by atoms with Gasteiger partial charge < -0.3 is 44.9 Å². The highest BCUT2D eigenvalue weighted by Gasteiger charge is 2.21. The van der Waals surface area contributed by atoms with Crippen LogP contribution in [0.3, 0.4) is 0 Å². The lowest BCUT2D eigenvalue weighted by atomic mass is 10.2. The topological polar surface area (TPSA) is 233 Å². The normalized spacial score (nSPS) is 10.7. The lowest BCUT2D eigenvalue weighted by Crippen LogP contribution is -2.19. The minimum Gasteiger partial charge on any atom is -0.469 e. The maximum atomic E-state index is 12.1. The van der Waals surface area contributed by atoms with Gasteiger partial charge in [0, 0.05) is 61.0 Å². The second-order valence-corrected chi connectivity index (χ2v) is 13.8. The number of carbonyl (C=O) groups excluding carboxylic acids is 3. The molecule has 5 N–H and O–H groups in total. The number of halogens is 2. The molecule has 62 heavy (non-hydrogen) atoms. The molecule has 0 spiro atoms. The Morgan fingerprint density at radius 2 is 1.06 bits per heavy atom. The molecule has 0 aliphatic carbocycles. The lowest BCUT2D eigenvalue weighted by Gasteiger charge is -2.09. The summed E-state index contributed by atoms with van der Waals surface area (Å²) in [5.41, 5.74) is 4.30. The van der Waals surface area contributed by atoms with Crippen molar-refractivity contribution in [2.45, 2.75) is 13.2 Å². The summed E-state index contributed by atoms with van der Waals surface area (Å²) >= 11 is 11.9. The van der Waals surface area contributed by atoms with E-state index in [1.54, 1.807) is 92.3 Å². The van der Waals surface area contributed by atoms with Crippen LogP contribution in [-0.4, -0.2) is 69.2 Å². The molecule has 314 valence electrons. The summed E-state index contributed by atoms with van der Waals surface area (Å²) < 4.78 is 22.9. The zero-order valence-corrected chi connectivity index (χ0v) is 34.5. The van der Waals surface area contributed by atoms with Gasteiger partial charge in [-0.15, -0.1) is 20.4 Å². The van der Waals surface area contributed by atoms with Gasteiger partial charge in [0.05, 0.1) is 17.0 Å². The van der Waals surface area contributed by atoms with Gasteiger partial charge in [-0.2, -0.15) is 0 Å². The highest BCUT2D eigenvalue weighted by molar-refractivity contribution is 6.31. The maximum absolute atomic E-state index is 12.1. The van der Waals surface area contributed by atoms with Crippen LogP contribution in [0.4, 0.5) is 23.0 Å². The van der Waals surface area contributed by atoms with Gasteiger partial charge in [0.2, 0.25) is 11.2 Å². The van der Waals surface area contributed by atoms with E-state index < -0.39 is 5.91 Å². The minimum atomic E-state index is -0.404. The Balaban J connectivity index is 0.000000188. The molecule has 0 unspecified atom stereocenters. The number of aromatic nitrogens is 6. The van der Waals surface area contributed by atoms with Gasteiger partial charge in [0.25, 0.3) is 29.5 Å². The van der Waals surface area contributed by atoms with Gasteiger partial charge in [-0.3, -0.25) is 24.4 Å². The third kappa shape index (κ3) is 10.1. The minimum absolute atomic E-state index is 0.0796. The van der Waals surface area contributed by atoms with Crippen LogP contribution in [0.15, 0.2) is 112 Å². The van der Waals surface area contributed by atoms with Crippen molar-refractivity contribution in [2.24, 2.45) is 0 Å². The van der Waals surface area contributed by atoms with Crippen molar-refractivity contribution in [1.29, 1.82) is 0 Å². The van der Waals surface area contributed by atoms with Crippen LogP contribution in [0.25, 0.3) is 21.9 Å². The van der Waals surface area contributed by atoms with Gasteiger partial charge in [0.1, 0.15) is 24.6 Å². The van der Waals surface area contributed by atoms with Crippen LogP contribution in [0.5, 0.6) is 11.8 Å². The SMILES string of the molecule is CNC(=O)c1cc(COc2nnc(Nc3ccc(Cl)cc3)c3cc(C(=O)NC)oc23)ccn1.CNC(=O)c1cc(COc2nnc(Nc3ccc(Cl)cc3)c3ccoc23)ccn1. The van der Waals surface area contributed by atoms with Crippen molar-refractivity contribution >= 4 is 85.9 Å². The molecule has 0 fully saturated rings. The van der Waals surface area contributed by atoms with Gasteiger partial charge in [0.15, 0.2) is 17.4 Å². The number of hydrogen-bond donors (Lipinski definition) is 5. The molecule has 0 bridgehead atoms. The van der Waals surface area contributed by atoms with E-state index in [2.05, 4.69) is 56.9 Å².